The van der Waals surface area contributed by atoms with E-state index in [1.54, 1.807) is 11.6 Å². The highest BCUT2D eigenvalue weighted by Gasteiger charge is 2.25. The summed E-state index contributed by atoms with van der Waals surface area (Å²) in [6, 6.07) is 8.17. The first-order chi connectivity index (χ1) is 10.5. The molecule has 2 heterocycles. The van der Waals surface area contributed by atoms with E-state index in [-0.39, 0.29) is 17.2 Å². The van der Waals surface area contributed by atoms with Gasteiger partial charge in [-0.3, -0.25) is 4.79 Å². The summed E-state index contributed by atoms with van der Waals surface area (Å²) >= 11 is 3.49. The Labute approximate surface area is 137 Å². The van der Waals surface area contributed by atoms with Crippen molar-refractivity contribution in [2.24, 2.45) is 7.05 Å². The van der Waals surface area contributed by atoms with Crippen LogP contribution in [0.2, 0.25) is 0 Å². The minimum absolute atomic E-state index is 0.224. The highest BCUT2D eigenvalue weighted by atomic mass is 79.9. The molecule has 1 aromatic heterocycles. The fourth-order valence-electron chi connectivity index (χ4n) is 3.08. The third-order valence-electron chi connectivity index (χ3n) is 4.23. The van der Waals surface area contributed by atoms with Gasteiger partial charge in [-0.25, -0.2) is 0 Å². The first-order valence-electron chi connectivity index (χ1n) is 7.24. The number of nitrogens with zero attached hydrogens (tertiary/aromatic N) is 3. The van der Waals surface area contributed by atoms with Crippen LogP contribution < -0.4 is 15.8 Å². The zero-order valence-corrected chi connectivity index (χ0v) is 14.1. The van der Waals surface area contributed by atoms with Gasteiger partial charge in [0.15, 0.2) is 0 Å². The maximum atomic E-state index is 12.6. The maximum absolute atomic E-state index is 12.6. The predicted octanol–water partition coefficient (Wildman–Crippen LogP) is 1.97. The largest absolute Gasteiger partial charge is 0.364 e. The van der Waals surface area contributed by atoms with Crippen molar-refractivity contribution in [1.29, 1.82) is 5.26 Å². The molecule has 0 radical (unpaired) electrons. The fraction of sp³-hybridized carbons (Fsp3) is 0.375. The molecule has 114 valence electrons. The first-order valence-corrected chi connectivity index (χ1v) is 8.03. The standard InChI is InChI=1S/C16H17BrN4O/c1-10-9-19-5-6-21(10)15-12-7-11(17)3-4-14(12)20(2)16(22)13(15)8-18/h3-4,7,10,19H,5-6,9H2,1-2H3. The lowest BCUT2D eigenvalue weighted by molar-refractivity contribution is 0.501. The van der Waals surface area contributed by atoms with Gasteiger partial charge in [-0.2, -0.15) is 5.26 Å². The number of aromatic nitrogens is 1. The molecule has 0 aliphatic carbocycles. The van der Waals surface area contributed by atoms with Crippen molar-refractivity contribution >= 4 is 32.5 Å². The van der Waals surface area contributed by atoms with Crippen molar-refractivity contribution in [1.82, 2.24) is 9.88 Å². The van der Waals surface area contributed by atoms with Crippen molar-refractivity contribution in [3.05, 3.63) is 38.6 Å². The van der Waals surface area contributed by atoms with Crippen LogP contribution in [0.3, 0.4) is 0 Å². The Morgan fingerprint density at radius 3 is 2.91 bits per heavy atom. The molecule has 1 unspecified atom stereocenters. The van der Waals surface area contributed by atoms with E-state index in [0.717, 1.165) is 40.7 Å². The van der Waals surface area contributed by atoms with Gasteiger partial charge in [-0.1, -0.05) is 15.9 Å². The van der Waals surface area contributed by atoms with E-state index in [1.807, 2.05) is 18.2 Å². The van der Waals surface area contributed by atoms with E-state index in [2.05, 4.69) is 39.1 Å². The summed E-state index contributed by atoms with van der Waals surface area (Å²) in [5, 5.41) is 13.8. The maximum Gasteiger partial charge on any atom is 0.270 e. The van der Waals surface area contributed by atoms with Crippen molar-refractivity contribution in [3.63, 3.8) is 0 Å². The molecule has 0 amide bonds. The number of piperazine rings is 1. The zero-order valence-electron chi connectivity index (χ0n) is 12.6. The molecular weight excluding hydrogens is 344 g/mol. The van der Waals surface area contributed by atoms with E-state index in [0.29, 0.717) is 0 Å². The third-order valence-corrected chi connectivity index (χ3v) is 4.72. The molecule has 1 aromatic carbocycles. The number of hydrogen-bond donors (Lipinski definition) is 1. The molecule has 5 nitrogen and oxygen atoms in total. The summed E-state index contributed by atoms with van der Waals surface area (Å²) in [6.07, 6.45) is 0. The molecule has 1 aliphatic rings. The third kappa shape index (κ3) is 2.31. The van der Waals surface area contributed by atoms with E-state index in [1.165, 1.54) is 0 Å². The molecule has 0 saturated carbocycles. The molecule has 2 aromatic rings. The average molecular weight is 361 g/mol. The van der Waals surface area contributed by atoms with Crippen molar-refractivity contribution < 1.29 is 0 Å². The molecule has 0 spiro atoms. The quantitative estimate of drug-likeness (QED) is 0.844. The Morgan fingerprint density at radius 2 is 2.23 bits per heavy atom. The normalized spacial score (nSPS) is 18.5. The summed E-state index contributed by atoms with van der Waals surface area (Å²) in [6.45, 7) is 4.58. The minimum Gasteiger partial charge on any atom is -0.364 e. The molecule has 22 heavy (non-hydrogen) atoms. The molecule has 1 atom stereocenters. The smallest absolute Gasteiger partial charge is 0.270 e. The summed E-state index contributed by atoms with van der Waals surface area (Å²) < 4.78 is 2.49. The summed E-state index contributed by atoms with van der Waals surface area (Å²) in [5.41, 5.74) is 1.59. The molecule has 3 rings (SSSR count). The van der Waals surface area contributed by atoms with E-state index >= 15 is 0 Å². The van der Waals surface area contributed by atoms with Crippen LogP contribution in [-0.2, 0) is 7.05 Å². The van der Waals surface area contributed by atoms with Crippen LogP contribution in [-0.4, -0.2) is 30.2 Å². The number of halogens is 1. The Kier molecular flexibility index (Phi) is 3.94. The second kappa shape index (κ2) is 5.75. The van der Waals surface area contributed by atoms with Crippen LogP contribution in [0, 0.1) is 11.3 Å². The van der Waals surface area contributed by atoms with Gasteiger partial charge in [0.05, 0.1) is 11.2 Å². The van der Waals surface area contributed by atoms with Crippen molar-refractivity contribution in [2.75, 3.05) is 24.5 Å². The SMILES string of the molecule is CC1CNCCN1c1c(C#N)c(=O)n(C)c2ccc(Br)cc12. The first kappa shape index (κ1) is 15.1. The summed E-state index contributed by atoms with van der Waals surface area (Å²) in [4.78, 5) is 14.7. The van der Waals surface area contributed by atoms with Crippen LogP contribution in [0.4, 0.5) is 5.69 Å². The average Bonchev–Trinajstić information content (AvgIpc) is 2.51. The summed E-state index contributed by atoms with van der Waals surface area (Å²) in [7, 11) is 1.71. The summed E-state index contributed by atoms with van der Waals surface area (Å²) in [5.74, 6) is 0. The molecule has 1 fully saturated rings. The van der Waals surface area contributed by atoms with Crippen LogP contribution in [0.5, 0.6) is 0 Å². The molecule has 0 bridgehead atoms. The lowest BCUT2D eigenvalue weighted by atomic mass is 10.0. The number of anilines is 1. The van der Waals surface area contributed by atoms with Gasteiger partial charge in [-0.05, 0) is 25.1 Å². The monoisotopic (exact) mass is 360 g/mol. The van der Waals surface area contributed by atoms with E-state index in [9.17, 15) is 10.1 Å². The van der Waals surface area contributed by atoms with Gasteiger partial charge in [0.1, 0.15) is 11.6 Å². The van der Waals surface area contributed by atoms with Gasteiger partial charge in [-0.15, -0.1) is 0 Å². The van der Waals surface area contributed by atoms with Crippen LogP contribution in [0.15, 0.2) is 27.5 Å². The van der Waals surface area contributed by atoms with Crippen LogP contribution in [0.25, 0.3) is 10.9 Å². The Morgan fingerprint density at radius 1 is 1.45 bits per heavy atom. The van der Waals surface area contributed by atoms with Gasteiger partial charge in [0.2, 0.25) is 0 Å². The van der Waals surface area contributed by atoms with Crippen molar-refractivity contribution in [3.8, 4) is 6.07 Å². The van der Waals surface area contributed by atoms with Gasteiger partial charge >= 0.3 is 0 Å². The van der Waals surface area contributed by atoms with Gasteiger partial charge in [0, 0.05) is 42.6 Å². The van der Waals surface area contributed by atoms with Crippen LogP contribution in [0.1, 0.15) is 12.5 Å². The molecule has 1 N–H and O–H groups in total. The van der Waals surface area contributed by atoms with Crippen molar-refractivity contribution in [2.45, 2.75) is 13.0 Å². The number of nitrogens with one attached hydrogen (secondary N) is 1. The topological polar surface area (TPSA) is 61.1 Å². The number of benzene rings is 1. The molecule has 1 saturated heterocycles. The minimum atomic E-state index is -0.238. The zero-order chi connectivity index (χ0) is 15.9. The number of pyridine rings is 1. The molecule has 6 heteroatoms. The fourth-order valence-corrected chi connectivity index (χ4v) is 3.44. The predicted molar refractivity (Wildman–Crippen MR) is 91.3 cm³/mol. The highest BCUT2D eigenvalue weighted by Crippen LogP contribution is 2.32. The number of nitriles is 1. The molecular formula is C16H17BrN4O. The van der Waals surface area contributed by atoms with E-state index < -0.39 is 0 Å². The second-order valence-corrected chi connectivity index (χ2v) is 6.52. The van der Waals surface area contributed by atoms with Crippen LogP contribution >= 0.6 is 15.9 Å². The second-order valence-electron chi connectivity index (χ2n) is 5.61. The number of aryl methyl sites for hydroxylation is 1. The number of fused-ring (bicyclic) bond motifs is 1. The lowest BCUT2D eigenvalue weighted by Crippen LogP contribution is -2.50. The Balaban J connectivity index is 2.40. The Bertz CT molecular complexity index is 837. The van der Waals surface area contributed by atoms with Gasteiger partial charge in [0.25, 0.3) is 5.56 Å². The molecule has 1 aliphatic heterocycles. The van der Waals surface area contributed by atoms with E-state index in [4.69, 9.17) is 0 Å². The Hall–Kier alpha value is -1.84. The lowest BCUT2D eigenvalue weighted by Gasteiger charge is -2.37. The highest BCUT2D eigenvalue weighted by molar-refractivity contribution is 9.10. The van der Waals surface area contributed by atoms with Gasteiger partial charge < -0.3 is 14.8 Å². The number of rotatable bonds is 1. The number of hydrogen-bond acceptors (Lipinski definition) is 4.